The first-order chi connectivity index (χ1) is 17.8. The number of thiophene rings is 1. The zero-order chi connectivity index (χ0) is 28.3. The van der Waals surface area contributed by atoms with E-state index in [1.807, 2.05) is 39.8 Å². The van der Waals surface area contributed by atoms with Gasteiger partial charge in [0, 0.05) is 19.4 Å². The molecule has 0 saturated carbocycles. The van der Waals surface area contributed by atoms with E-state index in [1.165, 1.54) is 0 Å². The fraction of sp³-hybridized carbons (Fsp3) is 0.586. The molecule has 0 radical (unpaired) electrons. The summed E-state index contributed by atoms with van der Waals surface area (Å²) in [7, 11) is 0. The normalized spacial score (nSPS) is 15.7. The fourth-order valence-corrected chi connectivity index (χ4v) is 6.42. The van der Waals surface area contributed by atoms with E-state index in [0.29, 0.717) is 48.1 Å². The SMILES string of the molecule is CCc1cc(CCC(=O)c2sc(C(F)(F)F)c3c2CCC(C)(C)C3)cc(C)c1CCC(=O)NCC(O)CO. The quantitative estimate of drug-likeness (QED) is 0.327. The molecule has 3 rings (SSSR count). The van der Waals surface area contributed by atoms with Crippen molar-refractivity contribution in [2.24, 2.45) is 5.41 Å². The third kappa shape index (κ3) is 7.45. The lowest BCUT2D eigenvalue weighted by Crippen LogP contribution is -2.34. The molecule has 2 aromatic rings. The van der Waals surface area contributed by atoms with Crippen LogP contribution in [-0.4, -0.2) is 41.2 Å². The second-order valence-electron chi connectivity index (χ2n) is 11.0. The number of Topliss-reactive ketones (excluding diaryl/α,β-unsaturated/α-hetero) is 1. The summed E-state index contributed by atoms with van der Waals surface area (Å²) in [5.41, 5.74) is 4.78. The summed E-state index contributed by atoms with van der Waals surface area (Å²) < 4.78 is 41.3. The number of carbonyl (C=O) groups is 2. The molecule has 0 saturated heterocycles. The number of aliphatic hydroxyl groups excluding tert-OH is 2. The van der Waals surface area contributed by atoms with Gasteiger partial charge in [0.15, 0.2) is 5.78 Å². The maximum Gasteiger partial charge on any atom is 0.425 e. The van der Waals surface area contributed by atoms with Crippen LogP contribution in [0.2, 0.25) is 0 Å². The number of halogens is 3. The van der Waals surface area contributed by atoms with Gasteiger partial charge < -0.3 is 15.5 Å². The molecule has 0 bridgehead atoms. The van der Waals surface area contributed by atoms with Crippen molar-refractivity contribution < 1.29 is 33.0 Å². The van der Waals surface area contributed by atoms with Crippen molar-refractivity contribution in [1.29, 1.82) is 0 Å². The Balaban J connectivity index is 1.71. The molecule has 1 heterocycles. The second kappa shape index (κ2) is 12.3. The third-order valence-electron chi connectivity index (χ3n) is 7.33. The van der Waals surface area contributed by atoms with Gasteiger partial charge in [0.1, 0.15) is 4.88 Å². The molecule has 1 aromatic carbocycles. The first kappa shape index (κ1) is 30.3. The van der Waals surface area contributed by atoms with Gasteiger partial charge in [0.25, 0.3) is 0 Å². The zero-order valence-electron chi connectivity index (χ0n) is 22.6. The van der Waals surface area contributed by atoms with Crippen molar-refractivity contribution in [3.63, 3.8) is 0 Å². The maximum absolute atomic E-state index is 13.8. The Bertz CT molecular complexity index is 1170. The molecule has 1 atom stereocenters. The van der Waals surface area contributed by atoms with E-state index < -0.39 is 23.8 Å². The summed E-state index contributed by atoms with van der Waals surface area (Å²) in [6, 6.07) is 4.01. The number of fused-ring (bicyclic) bond motifs is 1. The number of benzene rings is 1. The summed E-state index contributed by atoms with van der Waals surface area (Å²) in [5, 5.41) is 20.9. The first-order valence-electron chi connectivity index (χ1n) is 13.2. The predicted molar refractivity (Wildman–Crippen MR) is 143 cm³/mol. The smallest absolute Gasteiger partial charge is 0.394 e. The standard InChI is InChI=1S/C29H38F3NO4S/c1-5-19-13-18(12-17(2)21(19)7-9-25(37)33-15-20(35)16-34)6-8-24(36)26-22-10-11-28(3,4)14-23(22)27(38-26)29(30,31)32/h12-13,20,34-35H,5-11,14-16H2,1-4H3,(H,33,37). The molecular weight excluding hydrogens is 515 g/mol. The molecule has 0 aliphatic heterocycles. The lowest BCUT2D eigenvalue weighted by Gasteiger charge is -2.30. The van der Waals surface area contributed by atoms with E-state index in [1.54, 1.807) is 0 Å². The number of rotatable bonds is 11. The minimum atomic E-state index is -4.46. The molecular formula is C29H38F3NO4S. The van der Waals surface area contributed by atoms with Crippen LogP contribution < -0.4 is 5.32 Å². The highest BCUT2D eigenvalue weighted by Crippen LogP contribution is 2.47. The molecule has 38 heavy (non-hydrogen) atoms. The Morgan fingerprint density at radius 3 is 2.50 bits per heavy atom. The highest BCUT2D eigenvalue weighted by molar-refractivity contribution is 7.14. The van der Waals surface area contributed by atoms with Crippen molar-refractivity contribution in [1.82, 2.24) is 5.32 Å². The molecule has 210 valence electrons. The van der Waals surface area contributed by atoms with Crippen LogP contribution in [-0.2, 0) is 43.1 Å². The van der Waals surface area contributed by atoms with Crippen LogP contribution in [0.4, 0.5) is 13.2 Å². The van der Waals surface area contributed by atoms with E-state index in [0.717, 1.165) is 35.1 Å². The van der Waals surface area contributed by atoms with Crippen molar-refractivity contribution in [3.8, 4) is 0 Å². The fourth-order valence-electron chi connectivity index (χ4n) is 5.22. The molecule has 9 heteroatoms. The monoisotopic (exact) mass is 553 g/mol. The van der Waals surface area contributed by atoms with E-state index in [9.17, 15) is 27.9 Å². The van der Waals surface area contributed by atoms with Gasteiger partial charge in [-0.15, -0.1) is 11.3 Å². The van der Waals surface area contributed by atoms with Gasteiger partial charge >= 0.3 is 6.18 Å². The average molecular weight is 554 g/mol. The summed E-state index contributed by atoms with van der Waals surface area (Å²) >= 11 is 0.614. The van der Waals surface area contributed by atoms with Gasteiger partial charge in [-0.25, -0.2) is 0 Å². The van der Waals surface area contributed by atoms with Crippen LogP contribution in [0.15, 0.2) is 12.1 Å². The number of hydrogen-bond donors (Lipinski definition) is 3. The van der Waals surface area contributed by atoms with Gasteiger partial charge in [0.05, 0.1) is 17.6 Å². The first-order valence-corrected chi connectivity index (χ1v) is 14.0. The lowest BCUT2D eigenvalue weighted by molar-refractivity contribution is -0.135. The number of ketones is 1. The number of amides is 1. The number of nitrogens with one attached hydrogen (secondary N) is 1. The summed E-state index contributed by atoms with van der Waals surface area (Å²) in [6.07, 6.45) is -1.77. The van der Waals surface area contributed by atoms with Gasteiger partial charge in [-0.3, -0.25) is 9.59 Å². The minimum Gasteiger partial charge on any atom is -0.394 e. The number of hydrogen-bond acceptors (Lipinski definition) is 5. The van der Waals surface area contributed by atoms with Crippen molar-refractivity contribution in [2.75, 3.05) is 13.2 Å². The van der Waals surface area contributed by atoms with Crippen LogP contribution in [0.5, 0.6) is 0 Å². The van der Waals surface area contributed by atoms with Crippen LogP contribution in [0.25, 0.3) is 0 Å². The topological polar surface area (TPSA) is 86.6 Å². The van der Waals surface area contributed by atoms with Crippen LogP contribution >= 0.6 is 11.3 Å². The lowest BCUT2D eigenvalue weighted by atomic mass is 9.74. The largest absolute Gasteiger partial charge is 0.425 e. The number of alkyl halides is 3. The number of aryl methyl sites for hydroxylation is 3. The zero-order valence-corrected chi connectivity index (χ0v) is 23.4. The highest BCUT2D eigenvalue weighted by atomic mass is 32.1. The Hall–Kier alpha value is -2.23. The number of carbonyl (C=O) groups excluding carboxylic acids is 2. The highest BCUT2D eigenvalue weighted by Gasteiger charge is 2.42. The van der Waals surface area contributed by atoms with Crippen molar-refractivity contribution >= 4 is 23.0 Å². The molecule has 1 amide bonds. The average Bonchev–Trinajstić information content (AvgIpc) is 3.22. The molecule has 0 spiro atoms. The Kier molecular flexibility index (Phi) is 9.81. The second-order valence-corrected chi connectivity index (χ2v) is 12.0. The van der Waals surface area contributed by atoms with Crippen molar-refractivity contribution in [3.05, 3.63) is 55.3 Å². The summed E-state index contributed by atoms with van der Waals surface area (Å²) in [4.78, 5) is 24.9. The molecule has 0 fully saturated rings. The van der Waals surface area contributed by atoms with Gasteiger partial charge in [-0.05, 0) is 84.2 Å². The molecule has 1 aliphatic carbocycles. The van der Waals surface area contributed by atoms with Gasteiger partial charge in [-0.2, -0.15) is 13.2 Å². The molecule has 3 N–H and O–H groups in total. The summed E-state index contributed by atoms with van der Waals surface area (Å²) in [6.45, 7) is 7.50. The van der Waals surface area contributed by atoms with Crippen LogP contribution in [0.1, 0.15) is 88.0 Å². The molecule has 5 nitrogen and oxygen atoms in total. The minimum absolute atomic E-state index is 0.00239. The maximum atomic E-state index is 13.8. The van der Waals surface area contributed by atoms with Crippen LogP contribution in [0.3, 0.4) is 0 Å². The Morgan fingerprint density at radius 2 is 1.87 bits per heavy atom. The van der Waals surface area contributed by atoms with E-state index in [4.69, 9.17) is 5.11 Å². The number of aliphatic hydroxyl groups is 2. The summed E-state index contributed by atoms with van der Waals surface area (Å²) in [5.74, 6) is -0.447. The Labute approximate surface area is 226 Å². The predicted octanol–water partition coefficient (Wildman–Crippen LogP) is 5.37. The Morgan fingerprint density at radius 1 is 1.16 bits per heavy atom. The van der Waals surface area contributed by atoms with E-state index in [-0.39, 0.29) is 41.4 Å². The van der Waals surface area contributed by atoms with Crippen LogP contribution in [0, 0.1) is 12.3 Å². The van der Waals surface area contributed by atoms with Crippen molar-refractivity contribution in [2.45, 2.75) is 91.3 Å². The molecule has 1 aromatic heterocycles. The third-order valence-corrected chi connectivity index (χ3v) is 8.69. The molecule has 1 aliphatic rings. The van der Waals surface area contributed by atoms with Gasteiger partial charge in [0.2, 0.25) is 5.91 Å². The van der Waals surface area contributed by atoms with E-state index >= 15 is 0 Å². The molecule has 1 unspecified atom stereocenters. The van der Waals surface area contributed by atoms with E-state index in [2.05, 4.69) is 5.32 Å². The van der Waals surface area contributed by atoms with Gasteiger partial charge in [-0.1, -0.05) is 32.9 Å².